The van der Waals surface area contributed by atoms with Crippen LogP contribution in [0.5, 0.6) is 0 Å². The van der Waals surface area contributed by atoms with E-state index in [1.165, 1.54) is 6.92 Å². The van der Waals surface area contributed by atoms with Crippen molar-refractivity contribution in [3.63, 3.8) is 0 Å². The van der Waals surface area contributed by atoms with E-state index in [-0.39, 0.29) is 5.41 Å². The molecule has 1 saturated heterocycles. The number of hydrogen-bond acceptors (Lipinski definition) is 6. The highest BCUT2D eigenvalue weighted by Crippen LogP contribution is 2.46. The normalized spacial score (nSPS) is 27.5. The molecule has 3 atom stereocenters. The minimum absolute atomic E-state index is 0.271. The third-order valence-corrected chi connectivity index (χ3v) is 5.27. The average Bonchev–Trinajstić information content (AvgIpc) is 2.48. The lowest BCUT2D eigenvalue weighted by Crippen LogP contribution is -2.59. The molecule has 1 aliphatic heterocycles. The first-order valence-corrected chi connectivity index (χ1v) is 7.83. The van der Waals surface area contributed by atoms with Crippen LogP contribution in [0, 0.1) is 10.8 Å². The largest absolute Gasteiger partial charge is 0.392 e. The molecular formula is C16H28O6. The molecule has 1 fully saturated rings. The fourth-order valence-corrected chi connectivity index (χ4v) is 2.54. The van der Waals surface area contributed by atoms with E-state index in [2.05, 4.69) is 6.92 Å². The topological polar surface area (TPSA) is 71.1 Å². The molecule has 22 heavy (non-hydrogen) atoms. The van der Waals surface area contributed by atoms with Gasteiger partial charge in [-0.25, -0.2) is 29.1 Å². The Bertz CT molecular complexity index is 432. The molecule has 1 aliphatic rings. The van der Waals surface area contributed by atoms with Crippen molar-refractivity contribution < 1.29 is 29.1 Å². The summed E-state index contributed by atoms with van der Waals surface area (Å²) in [5.41, 5.74) is -2.25. The molecule has 128 valence electrons. The van der Waals surface area contributed by atoms with Gasteiger partial charge in [0.2, 0.25) is 5.60 Å². The Morgan fingerprint density at radius 3 is 2.14 bits per heavy atom. The van der Waals surface area contributed by atoms with Gasteiger partial charge in [-0.15, -0.1) is 0 Å². The summed E-state index contributed by atoms with van der Waals surface area (Å²) in [6.07, 6.45) is 1.96. The van der Waals surface area contributed by atoms with Crippen LogP contribution in [0.3, 0.4) is 0 Å². The Labute approximate surface area is 132 Å². The summed E-state index contributed by atoms with van der Waals surface area (Å²) in [4.78, 5) is 43.4. The number of carbonyl (C=O) groups is 2. The summed E-state index contributed by atoms with van der Waals surface area (Å²) in [7, 11) is 0. The molecule has 0 aromatic rings. The summed E-state index contributed by atoms with van der Waals surface area (Å²) in [5, 5.41) is 0. The van der Waals surface area contributed by atoms with Crippen molar-refractivity contribution in [1.29, 1.82) is 0 Å². The Hall–Kier alpha value is -1.14. The molecule has 0 amide bonds. The van der Waals surface area contributed by atoms with Gasteiger partial charge in [-0.2, -0.15) is 0 Å². The lowest BCUT2D eigenvalue weighted by molar-refractivity contribution is -0.492. The van der Waals surface area contributed by atoms with Crippen LogP contribution in [0.4, 0.5) is 0 Å². The van der Waals surface area contributed by atoms with Gasteiger partial charge in [-0.3, -0.25) is 0 Å². The van der Waals surface area contributed by atoms with Crippen molar-refractivity contribution in [2.75, 3.05) is 0 Å². The molecule has 1 heterocycles. The first kappa shape index (κ1) is 18.9. The highest BCUT2D eigenvalue weighted by atomic mass is 17.3. The van der Waals surface area contributed by atoms with Gasteiger partial charge < -0.3 is 0 Å². The molecule has 0 N–H and O–H groups in total. The molecule has 1 rings (SSSR count). The lowest BCUT2D eigenvalue weighted by atomic mass is 9.63. The van der Waals surface area contributed by atoms with E-state index in [0.29, 0.717) is 6.42 Å². The van der Waals surface area contributed by atoms with Crippen LogP contribution in [-0.4, -0.2) is 23.6 Å². The van der Waals surface area contributed by atoms with E-state index in [4.69, 9.17) is 19.6 Å². The van der Waals surface area contributed by atoms with Crippen molar-refractivity contribution in [2.24, 2.45) is 10.8 Å². The Kier molecular flexibility index (Phi) is 5.62. The van der Waals surface area contributed by atoms with Crippen molar-refractivity contribution in [3.05, 3.63) is 0 Å². The Morgan fingerprint density at radius 1 is 1.18 bits per heavy atom. The van der Waals surface area contributed by atoms with Gasteiger partial charge >= 0.3 is 11.9 Å². The fourth-order valence-electron chi connectivity index (χ4n) is 2.54. The van der Waals surface area contributed by atoms with Crippen LogP contribution in [0.25, 0.3) is 0 Å². The zero-order chi connectivity index (χ0) is 17.2. The van der Waals surface area contributed by atoms with Gasteiger partial charge in [-0.05, 0) is 39.0 Å². The van der Waals surface area contributed by atoms with Crippen molar-refractivity contribution >= 4 is 11.9 Å². The molecule has 0 bridgehead atoms. The molecule has 6 nitrogen and oxygen atoms in total. The van der Waals surface area contributed by atoms with Crippen LogP contribution in [0.2, 0.25) is 0 Å². The summed E-state index contributed by atoms with van der Waals surface area (Å²) in [5.74, 6) is -1.32. The standard InChI is InChI=1S/C16H28O6/c1-8-10-14(4,5)15(6,9-2)12(17)20-21-13(18)16(7)11(3)19-22-16/h11H,8-10H2,1-7H3. The third-order valence-electron chi connectivity index (χ3n) is 5.27. The molecule has 0 saturated carbocycles. The minimum Gasteiger partial charge on any atom is -0.247 e. The lowest BCUT2D eigenvalue weighted by Gasteiger charge is -2.41. The highest BCUT2D eigenvalue weighted by molar-refractivity contribution is 5.82. The number of rotatable bonds is 6. The van der Waals surface area contributed by atoms with Crippen LogP contribution >= 0.6 is 0 Å². The van der Waals surface area contributed by atoms with Gasteiger partial charge in [-0.1, -0.05) is 34.1 Å². The van der Waals surface area contributed by atoms with Crippen molar-refractivity contribution in [2.45, 2.75) is 79.4 Å². The van der Waals surface area contributed by atoms with E-state index in [9.17, 15) is 9.59 Å². The second-order valence-electron chi connectivity index (χ2n) is 6.99. The second kappa shape index (κ2) is 6.54. The molecular weight excluding hydrogens is 288 g/mol. The number of hydrogen-bond donors (Lipinski definition) is 0. The van der Waals surface area contributed by atoms with E-state index in [0.717, 1.165) is 12.8 Å². The van der Waals surface area contributed by atoms with E-state index >= 15 is 0 Å². The molecule has 6 heteroatoms. The first-order chi connectivity index (χ1) is 10.0. The molecule has 0 radical (unpaired) electrons. The first-order valence-electron chi connectivity index (χ1n) is 7.83. The number of carbonyl (C=O) groups excluding carboxylic acids is 2. The monoisotopic (exact) mass is 316 g/mol. The molecule has 0 spiro atoms. The molecule has 0 aliphatic carbocycles. The smallest absolute Gasteiger partial charge is 0.247 e. The Balaban J connectivity index is 2.72. The minimum atomic E-state index is -1.23. The van der Waals surface area contributed by atoms with Gasteiger partial charge in [0.15, 0.2) is 0 Å². The SMILES string of the molecule is CCCC(C)(C)C(C)(CC)C(=O)OOC(=O)C1(C)OOC1C. The predicted molar refractivity (Wildman–Crippen MR) is 79.3 cm³/mol. The summed E-state index contributed by atoms with van der Waals surface area (Å²) in [6, 6.07) is 0. The van der Waals surface area contributed by atoms with Gasteiger partial charge in [0.1, 0.15) is 6.10 Å². The van der Waals surface area contributed by atoms with Crippen LogP contribution in [0.15, 0.2) is 0 Å². The molecule has 0 aromatic heterocycles. The third kappa shape index (κ3) is 3.13. The summed E-state index contributed by atoms with van der Waals surface area (Å²) in [6.45, 7) is 13.1. The highest BCUT2D eigenvalue weighted by Gasteiger charge is 2.55. The van der Waals surface area contributed by atoms with Crippen molar-refractivity contribution in [1.82, 2.24) is 0 Å². The molecule has 0 aromatic carbocycles. The van der Waals surface area contributed by atoms with E-state index < -0.39 is 29.1 Å². The van der Waals surface area contributed by atoms with Crippen molar-refractivity contribution in [3.8, 4) is 0 Å². The van der Waals surface area contributed by atoms with Gasteiger partial charge in [0, 0.05) is 0 Å². The Morgan fingerprint density at radius 2 is 1.77 bits per heavy atom. The van der Waals surface area contributed by atoms with Gasteiger partial charge in [0.05, 0.1) is 5.41 Å². The second-order valence-corrected chi connectivity index (χ2v) is 6.99. The van der Waals surface area contributed by atoms with E-state index in [1.54, 1.807) is 6.92 Å². The van der Waals surface area contributed by atoms with E-state index in [1.807, 2.05) is 27.7 Å². The summed E-state index contributed by atoms with van der Waals surface area (Å²) < 4.78 is 0. The van der Waals surface area contributed by atoms with Crippen LogP contribution in [0.1, 0.15) is 67.7 Å². The zero-order valence-electron chi connectivity index (χ0n) is 14.6. The van der Waals surface area contributed by atoms with Crippen LogP contribution < -0.4 is 0 Å². The zero-order valence-corrected chi connectivity index (χ0v) is 14.6. The maximum atomic E-state index is 12.5. The maximum Gasteiger partial charge on any atom is 0.392 e. The quantitative estimate of drug-likeness (QED) is 0.553. The average molecular weight is 316 g/mol. The fraction of sp³-hybridized carbons (Fsp3) is 0.875. The maximum absolute atomic E-state index is 12.5. The molecule has 3 unspecified atom stereocenters. The van der Waals surface area contributed by atoms with Gasteiger partial charge in [0.25, 0.3) is 0 Å². The predicted octanol–water partition coefficient (Wildman–Crippen LogP) is 3.34. The van der Waals surface area contributed by atoms with Crippen LogP contribution in [-0.2, 0) is 29.1 Å². The summed E-state index contributed by atoms with van der Waals surface area (Å²) >= 11 is 0.